The summed E-state index contributed by atoms with van der Waals surface area (Å²) in [5, 5.41) is 0.719. The standard InChI is InChI=1S/C23H26ClN3O2/c24-20-9-6-18(7-10-20)8-11-22(28)27-16-21(17-27)25-12-14-26(15-13-25)23(29)19-4-2-1-3-5-19/h1-7,9-10,21H,8,11-17H2. The van der Waals surface area contributed by atoms with Crippen molar-refractivity contribution in [3.63, 3.8) is 0 Å². The number of nitrogens with zero attached hydrogens (tertiary/aromatic N) is 3. The van der Waals surface area contributed by atoms with Crippen molar-refractivity contribution in [3.8, 4) is 0 Å². The number of piperazine rings is 1. The lowest BCUT2D eigenvalue weighted by atomic mass is 10.0. The molecule has 0 unspecified atom stereocenters. The smallest absolute Gasteiger partial charge is 0.253 e. The molecule has 0 radical (unpaired) electrons. The lowest BCUT2D eigenvalue weighted by Gasteiger charge is -2.48. The molecule has 6 heteroatoms. The molecule has 2 aliphatic heterocycles. The molecule has 2 aromatic rings. The topological polar surface area (TPSA) is 43.9 Å². The molecular formula is C23H26ClN3O2. The monoisotopic (exact) mass is 411 g/mol. The highest BCUT2D eigenvalue weighted by molar-refractivity contribution is 6.30. The Bertz CT molecular complexity index is 842. The maximum absolute atomic E-state index is 12.6. The Balaban J connectivity index is 1.18. The van der Waals surface area contributed by atoms with Crippen LogP contribution in [0.3, 0.4) is 0 Å². The molecule has 0 saturated carbocycles. The van der Waals surface area contributed by atoms with Gasteiger partial charge in [0.1, 0.15) is 0 Å². The number of hydrogen-bond acceptors (Lipinski definition) is 3. The molecule has 2 saturated heterocycles. The van der Waals surface area contributed by atoms with Crippen LogP contribution in [0, 0.1) is 0 Å². The Labute approximate surface area is 176 Å². The van der Waals surface area contributed by atoms with Crippen molar-refractivity contribution in [2.45, 2.75) is 18.9 Å². The second kappa shape index (κ2) is 8.97. The minimum atomic E-state index is 0.109. The molecule has 0 atom stereocenters. The van der Waals surface area contributed by atoms with Gasteiger partial charge < -0.3 is 9.80 Å². The maximum atomic E-state index is 12.6. The van der Waals surface area contributed by atoms with Gasteiger partial charge in [0.15, 0.2) is 0 Å². The average molecular weight is 412 g/mol. The first-order chi connectivity index (χ1) is 14.1. The highest BCUT2D eigenvalue weighted by Gasteiger charge is 2.36. The van der Waals surface area contributed by atoms with Gasteiger partial charge in [-0.25, -0.2) is 0 Å². The number of benzene rings is 2. The molecule has 2 heterocycles. The summed E-state index contributed by atoms with van der Waals surface area (Å²) < 4.78 is 0. The van der Waals surface area contributed by atoms with Crippen LogP contribution in [0.1, 0.15) is 22.3 Å². The number of carbonyl (C=O) groups is 2. The van der Waals surface area contributed by atoms with Crippen LogP contribution in [0.4, 0.5) is 0 Å². The van der Waals surface area contributed by atoms with Crippen molar-refractivity contribution < 1.29 is 9.59 Å². The molecule has 0 N–H and O–H groups in total. The predicted octanol–water partition coefficient (Wildman–Crippen LogP) is 2.94. The van der Waals surface area contributed by atoms with Gasteiger partial charge in [-0.15, -0.1) is 0 Å². The van der Waals surface area contributed by atoms with E-state index in [4.69, 9.17) is 11.6 Å². The van der Waals surface area contributed by atoms with Gasteiger partial charge in [0.05, 0.1) is 0 Å². The second-order valence-corrected chi connectivity index (χ2v) is 8.21. The van der Waals surface area contributed by atoms with Crippen molar-refractivity contribution in [1.82, 2.24) is 14.7 Å². The first-order valence-corrected chi connectivity index (χ1v) is 10.6. The van der Waals surface area contributed by atoms with Gasteiger partial charge in [0.2, 0.25) is 5.91 Å². The molecule has 2 fully saturated rings. The lowest BCUT2D eigenvalue weighted by Crippen LogP contribution is -2.64. The number of aryl methyl sites for hydroxylation is 1. The largest absolute Gasteiger partial charge is 0.339 e. The first kappa shape index (κ1) is 19.9. The summed E-state index contributed by atoms with van der Waals surface area (Å²) in [6.45, 7) is 4.83. The molecule has 0 spiro atoms. The van der Waals surface area contributed by atoms with Gasteiger partial charge in [-0.3, -0.25) is 14.5 Å². The van der Waals surface area contributed by atoms with Crippen LogP contribution in [0.25, 0.3) is 0 Å². The fourth-order valence-corrected chi connectivity index (χ4v) is 4.13. The van der Waals surface area contributed by atoms with Crippen LogP contribution < -0.4 is 0 Å². The SMILES string of the molecule is O=C(CCc1ccc(Cl)cc1)N1CC(N2CCN(C(=O)c3ccccc3)CC2)C1. The quantitative estimate of drug-likeness (QED) is 0.759. The molecule has 5 nitrogen and oxygen atoms in total. The van der Waals surface area contributed by atoms with Gasteiger partial charge >= 0.3 is 0 Å². The fourth-order valence-electron chi connectivity index (χ4n) is 4.00. The number of amides is 2. The fraction of sp³-hybridized carbons (Fsp3) is 0.391. The summed E-state index contributed by atoms with van der Waals surface area (Å²) in [4.78, 5) is 31.3. The normalized spacial score (nSPS) is 17.8. The number of likely N-dealkylation sites (tertiary alicyclic amines) is 1. The number of hydrogen-bond donors (Lipinski definition) is 0. The molecule has 2 aliphatic rings. The molecule has 4 rings (SSSR count). The van der Waals surface area contributed by atoms with E-state index in [2.05, 4.69) is 4.90 Å². The molecule has 0 aromatic heterocycles. The summed E-state index contributed by atoms with van der Waals surface area (Å²) in [5.41, 5.74) is 1.89. The van der Waals surface area contributed by atoms with Crippen molar-refractivity contribution in [2.24, 2.45) is 0 Å². The van der Waals surface area contributed by atoms with Crippen LogP contribution in [-0.4, -0.2) is 71.8 Å². The molecule has 2 aromatic carbocycles. The van der Waals surface area contributed by atoms with Gasteiger partial charge in [0.25, 0.3) is 5.91 Å². The first-order valence-electron chi connectivity index (χ1n) is 10.2. The van der Waals surface area contributed by atoms with Crippen LogP contribution >= 0.6 is 11.6 Å². The zero-order valence-corrected chi connectivity index (χ0v) is 17.2. The van der Waals surface area contributed by atoms with E-state index in [0.717, 1.165) is 61.8 Å². The van der Waals surface area contributed by atoms with E-state index in [9.17, 15) is 9.59 Å². The van der Waals surface area contributed by atoms with Crippen LogP contribution in [-0.2, 0) is 11.2 Å². The number of carbonyl (C=O) groups excluding carboxylic acids is 2. The molecule has 0 bridgehead atoms. The maximum Gasteiger partial charge on any atom is 0.253 e. The van der Waals surface area contributed by atoms with Crippen molar-refractivity contribution in [2.75, 3.05) is 39.3 Å². The van der Waals surface area contributed by atoms with Gasteiger partial charge in [-0.2, -0.15) is 0 Å². The second-order valence-electron chi connectivity index (χ2n) is 7.77. The third-order valence-electron chi connectivity index (χ3n) is 5.89. The van der Waals surface area contributed by atoms with Gasteiger partial charge in [0, 0.05) is 62.3 Å². The van der Waals surface area contributed by atoms with Crippen molar-refractivity contribution in [1.29, 1.82) is 0 Å². The van der Waals surface area contributed by atoms with E-state index in [0.29, 0.717) is 12.5 Å². The third kappa shape index (κ3) is 4.80. The molecule has 0 aliphatic carbocycles. The Hall–Kier alpha value is -2.37. The van der Waals surface area contributed by atoms with Gasteiger partial charge in [-0.1, -0.05) is 41.9 Å². The predicted molar refractivity (Wildman–Crippen MR) is 114 cm³/mol. The summed E-state index contributed by atoms with van der Waals surface area (Å²) in [6.07, 6.45) is 1.28. The van der Waals surface area contributed by atoms with E-state index in [1.807, 2.05) is 64.4 Å². The Morgan fingerprint density at radius 3 is 2.17 bits per heavy atom. The minimum Gasteiger partial charge on any atom is -0.339 e. The average Bonchev–Trinajstić information content (AvgIpc) is 2.73. The zero-order valence-electron chi connectivity index (χ0n) is 16.5. The molecule has 29 heavy (non-hydrogen) atoms. The summed E-state index contributed by atoms with van der Waals surface area (Å²) in [7, 11) is 0. The van der Waals surface area contributed by atoms with E-state index >= 15 is 0 Å². The molecule has 152 valence electrons. The van der Waals surface area contributed by atoms with Crippen LogP contribution in [0.15, 0.2) is 54.6 Å². The number of halogens is 1. The van der Waals surface area contributed by atoms with E-state index in [1.165, 1.54) is 0 Å². The highest BCUT2D eigenvalue weighted by Crippen LogP contribution is 2.20. The molecule has 2 amide bonds. The summed E-state index contributed by atoms with van der Waals surface area (Å²) in [5.74, 6) is 0.326. The van der Waals surface area contributed by atoms with E-state index < -0.39 is 0 Å². The van der Waals surface area contributed by atoms with Crippen molar-refractivity contribution >= 4 is 23.4 Å². The number of rotatable bonds is 5. The van der Waals surface area contributed by atoms with Crippen molar-refractivity contribution in [3.05, 3.63) is 70.7 Å². The Morgan fingerprint density at radius 1 is 0.862 bits per heavy atom. The summed E-state index contributed by atoms with van der Waals surface area (Å²) in [6, 6.07) is 17.6. The van der Waals surface area contributed by atoms with Crippen LogP contribution in [0.5, 0.6) is 0 Å². The van der Waals surface area contributed by atoms with Gasteiger partial charge in [-0.05, 0) is 36.2 Å². The van der Waals surface area contributed by atoms with E-state index in [-0.39, 0.29) is 11.8 Å². The highest BCUT2D eigenvalue weighted by atomic mass is 35.5. The Morgan fingerprint density at radius 2 is 1.52 bits per heavy atom. The lowest BCUT2D eigenvalue weighted by molar-refractivity contribution is -0.139. The van der Waals surface area contributed by atoms with E-state index in [1.54, 1.807) is 0 Å². The molecular weight excluding hydrogens is 386 g/mol. The Kier molecular flexibility index (Phi) is 6.16. The minimum absolute atomic E-state index is 0.109. The zero-order chi connectivity index (χ0) is 20.2. The van der Waals surface area contributed by atoms with Crippen LogP contribution in [0.2, 0.25) is 5.02 Å². The third-order valence-corrected chi connectivity index (χ3v) is 6.15. The summed E-state index contributed by atoms with van der Waals surface area (Å²) >= 11 is 5.90.